The third kappa shape index (κ3) is 2.41. The Labute approximate surface area is 169 Å². The van der Waals surface area contributed by atoms with E-state index in [0.29, 0.717) is 40.3 Å². The van der Waals surface area contributed by atoms with Crippen LogP contribution in [-0.2, 0) is 4.79 Å². The highest BCUT2D eigenvalue weighted by Crippen LogP contribution is 2.70. The van der Waals surface area contributed by atoms with Gasteiger partial charge < -0.3 is 0 Å². The topological polar surface area (TPSA) is 17.1 Å². The lowest BCUT2D eigenvalue weighted by molar-refractivity contribution is -0.119. The Morgan fingerprint density at radius 1 is 1.07 bits per heavy atom. The predicted octanol–water partition coefficient (Wildman–Crippen LogP) is 6.79. The summed E-state index contributed by atoms with van der Waals surface area (Å²) in [6, 6.07) is 0. The number of rotatable bonds is 6. The molecule has 0 heterocycles. The van der Waals surface area contributed by atoms with Gasteiger partial charge in [-0.05, 0) is 72.0 Å². The van der Waals surface area contributed by atoms with Gasteiger partial charge in [-0.3, -0.25) is 4.79 Å². The molecule has 0 spiro atoms. The number of Topliss-reactive ketones (excluding diaryl/α,β-unsaturated/α-hetero) is 1. The molecule has 4 bridgehead atoms. The van der Waals surface area contributed by atoms with Crippen LogP contribution in [-0.4, -0.2) is 11.0 Å². The zero-order valence-electron chi connectivity index (χ0n) is 17.6. The van der Waals surface area contributed by atoms with Crippen molar-refractivity contribution >= 4 is 17.5 Å². The van der Waals surface area contributed by atoms with Crippen molar-refractivity contribution in [2.45, 2.75) is 84.3 Å². The average molecular weight is 385 g/mol. The maximum atomic E-state index is 13.4. The second-order valence-electron chi connectivity index (χ2n) is 10.9. The lowest BCUT2D eigenvalue weighted by atomic mass is 9.71. The van der Waals surface area contributed by atoms with Crippen LogP contribution in [0.1, 0.15) is 79.1 Å². The van der Waals surface area contributed by atoms with Crippen LogP contribution in [0.2, 0.25) is 0 Å². The van der Waals surface area contributed by atoms with Crippen molar-refractivity contribution in [1.29, 1.82) is 0 Å². The Kier molecular flexibility index (Phi) is 4.29. The van der Waals surface area contributed by atoms with Crippen molar-refractivity contribution < 1.29 is 4.79 Å². The Hall–Kier alpha value is -0.500. The Bertz CT molecular complexity index is 716. The van der Waals surface area contributed by atoms with Crippen molar-refractivity contribution in [1.82, 2.24) is 0 Å². The van der Waals surface area contributed by atoms with Crippen molar-refractivity contribution in [3.63, 3.8) is 0 Å². The van der Waals surface area contributed by atoms with Crippen LogP contribution in [0.25, 0.3) is 0 Å². The highest BCUT2D eigenvalue weighted by Gasteiger charge is 2.63. The second-order valence-corrected chi connectivity index (χ2v) is 12.1. The average Bonchev–Trinajstić information content (AvgIpc) is 3.38. The Balaban J connectivity index is 1.46. The van der Waals surface area contributed by atoms with Crippen LogP contribution in [0.5, 0.6) is 0 Å². The fourth-order valence-electron chi connectivity index (χ4n) is 7.47. The van der Waals surface area contributed by atoms with Gasteiger partial charge in [0, 0.05) is 22.7 Å². The molecule has 0 amide bonds. The van der Waals surface area contributed by atoms with Gasteiger partial charge >= 0.3 is 0 Å². The third-order valence-electron chi connectivity index (χ3n) is 9.67. The van der Waals surface area contributed by atoms with Crippen LogP contribution in [0.3, 0.4) is 0 Å². The smallest absolute Gasteiger partial charge is 0.163 e. The van der Waals surface area contributed by atoms with Crippen LogP contribution in [0.4, 0.5) is 0 Å². The molecule has 5 aliphatic carbocycles. The summed E-state index contributed by atoms with van der Waals surface area (Å²) < 4.78 is 0. The molecule has 148 valence electrons. The predicted molar refractivity (Wildman–Crippen MR) is 115 cm³/mol. The van der Waals surface area contributed by atoms with Crippen LogP contribution < -0.4 is 0 Å². The molecule has 3 saturated carbocycles. The maximum Gasteiger partial charge on any atom is 0.163 e. The number of carbonyl (C=O) groups excluding carboxylic acids is 1. The van der Waals surface area contributed by atoms with Gasteiger partial charge in [-0.1, -0.05) is 52.7 Å². The Morgan fingerprint density at radius 2 is 1.81 bits per heavy atom. The number of hydrogen-bond acceptors (Lipinski definition) is 2. The Morgan fingerprint density at radius 3 is 2.44 bits per heavy atom. The van der Waals surface area contributed by atoms with E-state index >= 15 is 0 Å². The quantitative estimate of drug-likeness (QED) is 0.370. The zero-order valence-corrected chi connectivity index (χ0v) is 18.4. The van der Waals surface area contributed by atoms with Crippen LogP contribution in [0, 0.1) is 40.4 Å². The number of ketones is 1. The third-order valence-corrected chi connectivity index (χ3v) is 11.4. The molecular weight excluding hydrogens is 348 g/mol. The molecular formula is C25H36OS. The van der Waals surface area contributed by atoms with E-state index in [1.807, 2.05) is 0 Å². The van der Waals surface area contributed by atoms with Gasteiger partial charge in [-0.25, -0.2) is 0 Å². The fourth-order valence-corrected chi connectivity index (χ4v) is 9.61. The SMILES string of the molecule is CCCCCC1=C(S[C@H]2C[C@@H]3CC[C@@]2(C)C3(C)C)C2C3C=CC(C3)C2C1=O. The normalized spacial score (nSPS) is 46.1. The molecule has 0 N–H and O–H groups in total. The van der Waals surface area contributed by atoms with Gasteiger partial charge in [0.1, 0.15) is 0 Å². The van der Waals surface area contributed by atoms with Gasteiger partial charge in [-0.15, -0.1) is 11.8 Å². The molecule has 0 aromatic carbocycles. The summed E-state index contributed by atoms with van der Waals surface area (Å²) in [5.41, 5.74) is 2.17. The monoisotopic (exact) mass is 384 g/mol. The van der Waals surface area contributed by atoms with Crippen molar-refractivity contribution in [2.75, 3.05) is 0 Å². The van der Waals surface area contributed by atoms with Gasteiger partial charge in [0.05, 0.1) is 0 Å². The molecule has 3 fully saturated rings. The highest BCUT2D eigenvalue weighted by molar-refractivity contribution is 8.03. The first-order valence-corrected chi connectivity index (χ1v) is 12.4. The van der Waals surface area contributed by atoms with Crippen molar-refractivity contribution in [2.24, 2.45) is 40.4 Å². The highest BCUT2D eigenvalue weighted by atomic mass is 32.2. The summed E-state index contributed by atoms with van der Waals surface area (Å²) >= 11 is 2.19. The molecule has 1 nitrogen and oxygen atoms in total. The fraction of sp³-hybridized carbons (Fsp3) is 0.800. The zero-order chi connectivity index (χ0) is 19.0. The van der Waals surface area contributed by atoms with Gasteiger partial charge in [0.15, 0.2) is 5.78 Å². The molecule has 0 aromatic rings. The minimum absolute atomic E-state index is 0.304. The number of thioether (sulfide) groups is 1. The standard InChI is InChI=1S/C25H36OS/c1-5-6-7-8-18-22(26)20-15-9-10-16(13-15)21(20)23(18)27-19-14-17-11-12-25(19,4)24(17,2)3/h9-10,15-17,19-21H,5-8,11-14H2,1-4H3/t15?,16?,17-,19-,20?,21?,25+/m0/s1. The molecule has 0 aromatic heterocycles. The number of carbonyl (C=O) groups is 1. The number of unbranched alkanes of at least 4 members (excludes halogenated alkanes) is 2. The van der Waals surface area contributed by atoms with Crippen LogP contribution in [0.15, 0.2) is 22.6 Å². The second kappa shape index (κ2) is 6.25. The van der Waals surface area contributed by atoms with Gasteiger partial charge in [0.25, 0.3) is 0 Å². The van der Waals surface area contributed by atoms with E-state index in [1.165, 1.54) is 50.5 Å². The molecule has 0 radical (unpaired) electrons. The lowest BCUT2D eigenvalue weighted by Gasteiger charge is -2.40. The summed E-state index contributed by atoms with van der Waals surface area (Å²) in [6.45, 7) is 9.86. The maximum absolute atomic E-state index is 13.4. The molecule has 5 rings (SSSR count). The first kappa shape index (κ1) is 18.5. The minimum Gasteiger partial charge on any atom is -0.294 e. The molecule has 4 unspecified atom stereocenters. The molecule has 0 saturated heterocycles. The molecule has 5 aliphatic rings. The van der Waals surface area contributed by atoms with E-state index < -0.39 is 0 Å². The van der Waals surface area contributed by atoms with Crippen LogP contribution >= 0.6 is 11.8 Å². The first-order valence-electron chi connectivity index (χ1n) is 11.5. The summed E-state index contributed by atoms with van der Waals surface area (Å²) in [5.74, 6) is 3.46. The van der Waals surface area contributed by atoms with Gasteiger partial charge in [0.2, 0.25) is 0 Å². The molecule has 0 aliphatic heterocycles. The largest absolute Gasteiger partial charge is 0.294 e. The van der Waals surface area contributed by atoms with Crippen molar-refractivity contribution in [3.8, 4) is 0 Å². The van der Waals surface area contributed by atoms with E-state index in [1.54, 1.807) is 4.91 Å². The summed E-state index contributed by atoms with van der Waals surface area (Å²) in [6.07, 6.45) is 14.9. The first-order chi connectivity index (χ1) is 12.9. The van der Waals surface area contributed by atoms with E-state index in [0.717, 1.165) is 17.6 Å². The van der Waals surface area contributed by atoms with Crippen molar-refractivity contribution in [3.05, 3.63) is 22.6 Å². The molecule has 2 heteroatoms. The summed E-state index contributed by atoms with van der Waals surface area (Å²) in [4.78, 5) is 15.0. The van der Waals surface area contributed by atoms with E-state index in [4.69, 9.17) is 0 Å². The van der Waals surface area contributed by atoms with Gasteiger partial charge in [-0.2, -0.15) is 0 Å². The lowest BCUT2D eigenvalue weighted by Crippen LogP contribution is -2.34. The minimum atomic E-state index is 0.304. The van der Waals surface area contributed by atoms with E-state index in [9.17, 15) is 4.79 Å². The summed E-state index contributed by atoms with van der Waals surface area (Å²) in [5, 5.41) is 0.720. The summed E-state index contributed by atoms with van der Waals surface area (Å²) in [7, 11) is 0. The van der Waals surface area contributed by atoms with E-state index in [-0.39, 0.29) is 0 Å². The number of hydrogen-bond donors (Lipinski definition) is 0. The van der Waals surface area contributed by atoms with E-state index in [2.05, 4.69) is 51.6 Å². The molecule has 27 heavy (non-hydrogen) atoms. The molecule has 7 atom stereocenters. The number of fused-ring (bicyclic) bond motifs is 7. The number of allylic oxidation sites excluding steroid dienone is 4.